The van der Waals surface area contributed by atoms with E-state index in [0.29, 0.717) is 41.9 Å². The first-order valence-corrected chi connectivity index (χ1v) is 14.6. The molecular formula is C31H36F2N8O4. The lowest BCUT2D eigenvalue weighted by Gasteiger charge is -2.36. The molecule has 12 nitrogen and oxygen atoms in total. The summed E-state index contributed by atoms with van der Waals surface area (Å²) in [6.45, 7) is 4.60. The first kappa shape index (κ1) is 30.3. The van der Waals surface area contributed by atoms with Crippen LogP contribution in [0.4, 0.5) is 20.4 Å². The highest BCUT2D eigenvalue weighted by Gasteiger charge is 2.42. The van der Waals surface area contributed by atoms with E-state index < -0.39 is 17.1 Å². The van der Waals surface area contributed by atoms with Crippen LogP contribution < -0.4 is 24.4 Å². The van der Waals surface area contributed by atoms with Crippen molar-refractivity contribution >= 4 is 28.2 Å². The quantitative estimate of drug-likeness (QED) is 0.230. The molecule has 45 heavy (non-hydrogen) atoms. The Labute approximate surface area is 258 Å². The summed E-state index contributed by atoms with van der Waals surface area (Å²) >= 11 is 0. The van der Waals surface area contributed by atoms with Crippen LogP contribution in [-0.4, -0.2) is 74.5 Å². The molecule has 0 bridgehead atoms. The Morgan fingerprint density at radius 1 is 1.07 bits per heavy atom. The first-order chi connectivity index (χ1) is 21.5. The molecule has 3 aromatic heterocycles. The monoisotopic (exact) mass is 622 g/mol. The van der Waals surface area contributed by atoms with Crippen LogP contribution in [0.2, 0.25) is 0 Å². The number of nitrogens with one attached hydrogen (secondary N) is 1. The van der Waals surface area contributed by atoms with E-state index in [-0.39, 0.29) is 42.7 Å². The third kappa shape index (κ3) is 6.01. The smallest absolute Gasteiger partial charge is 0.226 e. The second-order valence-corrected chi connectivity index (χ2v) is 11.8. The average molecular weight is 623 g/mol. The fraction of sp³-hybridized carbons (Fsp3) is 0.419. The van der Waals surface area contributed by atoms with E-state index >= 15 is 4.39 Å². The predicted octanol–water partition coefficient (Wildman–Crippen LogP) is 4.49. The topological polar surface area (TPSA) is 124 Å². The molecule has 1 unspecified atom stereocenters. The van der Waals surface area contributed by atoms with Crippen LogP contribution in [-0.2, 0) is 18.8 Å². The van der Waals surface area contributed by atoms with Crippen LogP contribution in [0.3, 0.4) is 0 Å². The molecule has 1 aliphatic rings. The van der Waals surface area contributed by atoms with E-state index in [0.717, 1.165) is 11.3 Å². The van der Waals surface area contributed by atoms with Crippen LogP contribution >= 0.6 is 0 Å². The van der Waals surface area contributed by atoms with E-state index in [2.05, 4.69) is 20.5 Å². The minimum Gasteiger partial charge on any atom is -0.497 e. The molecule has 238 valence electrons. The Balaban J connectivity index is 1.39. The number of aromatic nitrogens is 6. The summed E-state index contributed by atoms with van der Waals surface area (Å²) in [5.41, 5.74) is -0.716. The number of methoxy groups -OCH3 is 3. The van der Waals surface area contributed by atoms with Gasteiger partial charge in [0.25, 0.3) is 0 Å². The Morgan fingerprint density at radius 2 is 1.87 bits per heavy atom. The largest absolute Gasteiger partial charge is 0.497 e. The molecule has 2 aromatic carbocycles. The third-order valence-electron chi connectivity index (χ3n) is 7.83. The van der Waals surface area contributed by atoms with Crippen molar-refractivity contribution in [2.45, 2.75) is 51.0 Å². The lowest BCUT2D eigenvalue weighted by molar-refractivity contribution is 0.0577. The van der Waals surface area contributed by atoms with E-state index in [9.17, 15) is 9.50 Å². The number of ether oxygens (including phenoxy) is 3. The first-order valence-electron chi connectivity index (χ1n) is 14.6. The normalized spacial score (nSPS) is 17.2. The molecule has 0 aliphatic carbocycles. The van der Waals surface area contributed by atoms with Crippen LogP contribution in [0.15, 0.2) is 42.7 Å². The molecule has 1 aliphatic heterocycles. The van der Waals surface area contributed by atoms with Gasteiger partial charge in [0.15, 0.2) is 17.1 Å². The van der Waals surface area contributed by atoms with Gasteiger partial charge in [-0.05, 0) is 44.9 Å². The lowest BCUT2D eigenvalue weighted by atomic mass is 9.93. The number of hydrogen-bond acceptors (Lipinski definition) is 10. The Kier molecular flexibility index (Phi) is 7.85. The summed E-state index contributed by atoms with van der Waals surface area (Å²) in [5, 5.41) is 22.8. The zero-order valence-corrected chi connectivity index (χ0v) is 25.8. The number of piperidine rings is 1. The molecule has 5 aromatic rings. The van der Waals surface area contributed by atoms with Crippen molar-refractivity contribution in [3.8, 4) is 17.2 Å². The van der Waals surface area contributed by atoms with Gasteiger partial charge in [-0.15, -0.1) is 5.10 Å². The maximum atomic E-state index is 16.9. The molecule has 1 atom stereocenters. The summed E-state index contributed by atoms with van der Waals surface area (Å²) in [6.07, 6.45) is 4.21. The number of alkyl halides is 1. The second kappa shape index (κ2) is 11.7. The van der Waals surface area contributed by atoms with E-state index in [1.807, 2.05) is 17.0 Å². The summed E-state index contributed by atoms with van der Waals surface area (Å²) in [4.78, 5) is 11.3. The van der Waals surface area contributed by atoms with E-state index in [1.54, 1.807) is 51.2 Å². The Hall–Kier alpha value is -4.72. The fourth-order valence-electron chi connectivity index (χ4n) is 5.69. The van der Waals surface area contributed by atoms with Crippen molar-refractivity contribution in [3.63, 3.8) is 0 Å². The molecule has 0 saturated carbocycles. The second-order valence-electron chi connectivity index (χ2n) is 11.8. The standard InChI is InChI=1S/C31H36F2N8O4/c1-30(2,42)17-40-16-21(15-35-40)39-10-6-9-31(33,18-39)28-37-27-23-11-20(32)12-25(45-5)26(23)36-29(41(27)38-28)34-14-19-7-8-22(43-3)13-24(19)44-4/h7-8,11-13,15-16,42H,6,9-10,14,17-18H2,1-5H3,(H,34,36). The zero-order chi connectivity index (χ0) is 31.9. The van der Waals surface area contributed by atoms with Gasteiger partial charge in [0.1, 0.15) is 28.6 Å². The van der Waals surface area contributed by atoms with Gasteiger partial charge in [-0.25, -0.2) is 18.7 Å². The van der Waals surface area contributed by atoms with Crippen molar-refractivity contribution in [1.29, 1.82) is 0 Å². The lowest BCUT2D eigenvalue weighted by Crippen LogP contribution is -2.44. The maximum Gasteiger partial charge on any atom is 0.226 e. The number of fused-ring (bicyclic) bond motifs is 3. The highest BCUT2D eigenvalue weighted by Crippen LogP contribution is 2.38. The Morgan fingerprint density at radius 3 is 2.60 bits per heavy atom. The molecule has 0 spiro atoms. The van der Waals surface area contributed by atoms with Crippen molar-refractivity contribution in [3.05, 3.63) is 59.9 Å². The number of nitrogens with zero attached hydrogens (tertiary/aromatic N) is 7. The number of hydrogen-bond donors (Lipinski definition) is 2. The molecule has 14 heteroatoms. The summed E-state index contributed by atoms with van der Waals surface area (Å²) in [6, 6.07) is 7.99. The molecule has 0 amide bonds. The number of benzene rings is 2. The Bertz CT molecular complexity index is 1850. The molecule has 1 fully saturated rings. The van der Waals surface area contributed by atoms with Crippen LogP contribution in [0.1, 0.15) is 38.1 Å². The van der Waals surface area contributed by atoms with Gasteiger partial charge in [-0.1, -0.05) is 0 Å². The van der Waals surface area contributed by atoms with Crippen LogP contribution in [0.5, 0.6) is 17.2 Å². The number of rotatable bonds is 10. The zero-order valence-electron chi connectivity index (χ0n) is 25.8. The highest BCUT2D eigenvalue weighted by atomic mass is 19.1. The summed E-state index contributed by atoms with van der Waals surface area (Å²) in [5.74, 6) is 1.16. The van der Waals surface area contributed by atoms with E-state index in [1.165, 1.54) is 23.8 Å². The molecule has 0 radical (unpaired) electrons. The molecular weight excluding hydrogens is 586 g/mol. The summed E-state index contributed by atoms with van der Waals surface area (Å²) in [7, 11) is 4.58. The van der Waals surface area contributed by atoms with Gasteiger partial charge in [0.2, 0.25) is 5.95 Å². The minimum absolute atomic E-state index is 0.00700. The fourth-order valence-corrected chi connectivity index (χ4v) is 5.69. The average Bonchev–Trinajstić information content (AvgIpc) is 3.67. The molecule has 4 heterocycles. The van der Waals surface area contributed by atoms with Crippen LogP contribution in [0, 0.1) is 5.82 Å². The SMILES string of the molecule is COc1ccc(CNc2nc3c(OC)cc(F)cc3c3nc(C4(F)CCCN(c5cnn(CC(C)(C)O)c5)C4)nn23)c(OC)c1. The number of halogens is 2. The molecule has 6 rings (SSSR count). The van der Waals surface area contributed by atoms with E-state index in [4.69, 9.17) is 19.2 Å². The van der Waals surface area contributed by atoms with Gasteiger partial charge >= 0.3 is 0 Å². The number of anilines is 2. The predicted molar refractivity (Wildman–Crippen MR) is 164 cm³/mol. The molecule has 2 N–H and O–H groups in total. The van der Waals surface area contributed by atoms with Gasteiger partial charge in [-0.3, -0.25) is 4.68 Å². The number of aliphatic hydroxyl groups is 1. The highest BCUT2D eigenvalue weighted by molar-refractivity contribution is 5.96. The van der Waals surface area contributed by atoms with Gasteiger partial charge in [0, 0.05) is 37.0 Å². The van der Waals surface area contributed by atoms with Gasteiger partial charge < -0.3 is 29.5 Å². The summed E-state index contributed by atoms with van der Waals surface area (Å²) < 4.78 is 51.0. The third-order valence-corrected chi connectivity index (χ3v) is 7.83. The van der Waals surface area contributed by atoms with Crippen molar-refractivity contribution in [2.75, 3.05) is 44.6 Å². The van der Waals surface area contributed by atoms with Crippen molar-refractivity contribution < 1.29 is 28.1 Å². The van der Waals surface area contributed by atoms with Crippen molar-refractivity contribution in [1.82, 2.24) is 29.4 Å². The molecule has 1 saturated heterocycles. The minimum atomic E-state index is -1.91. The van der Waals surface area contributed by atoms with Crippen molar-refractivity contribution in [2.24, 2.45) is 0 Å². The van der Waals surface area contributed by atoms with Gasteiger partial charge in [-0.2, -0.15) is 9.61 Å². The maximum absolute atomic E-state index is 16.9. The van der Waals surface area contributed by atoms with Crippen LogP contribution in [0.25, 0.3) is 16.6 Å². The van der Waals surface area contributed by atoms with Gasteiger partial charge in [0.05, 0.1) is 57.3 Å².